The van der Waals surface area contributed by atoms with E-state index < -0.39 is 0 Å². The molecule has 0 amide bonds. The smallest absolute Gasteiger partial charge is 0.0414 e. The van der Waals surface area contributed by atoms with Crippen molar-refractivity contribution in [3.05, 3.63) is 6.92 Å². The van der Waals surface area contributed by atoms with Gasteiger partial charge in [0, 0.05) is 0 Å². The highest BCUT2D eigenvalue weighted by Crippen LogP contribution is 2.19. The molecule has 0 fully saturated rings. The molecular formula is C35H71. The molecule has 0 saturated heterocycles. The van der Waals surface area contributed by atoms with Gasteiger partial charge in [-0.2, -0.15) is 0 Å². The van der Waals surface area contributed by atoms with Crippen molar-refractivity contribution >= 4 is 0 Å². The Labute approximate surface area is 225 Å². The van der Waals surface area contributed by atoms with Crippen LogP contribution in [0.2, 0.25) is 0 Å². The highest BCUT2D eigenvalue weighted by Gasteiger charge is 2.02. The largest absolute Gasteiger partial charge is 0.0654 e. The van der Waals surface area contributed by atoms with Gasteiger partial charge >= 0.3 is 0 Å². The fourth-order valence-corrected chi connectivity index (χ4v) is 5.58. The lowest BCUT2D eigenvalue weighted by Gasteiger charge is -2.11. The minimum Gasteiger partial charge on any atom is -0.0654 e. The van der Waals surface area contributed by atoms with Crippen LogP contribution in [-0.4, -0.2) is 0 Å². The lowest BCUT2D eigenvalue weighted by atomic mass is 9.95. The minimum absolute atomic E-state index is 0.717. The predicted molar refractivity (Wildman–Crippen MR) is 163 cm³/mol. The molecule has 0 saturated carbocycles. The molecule has 0 bridgehead atoms. The lowest BCUT2D eigenvalue weighted by molar-refractivity contribution is 0.459. The normalized spacial score (nSPS) is 12.4. The third-order valence-corrected chi connectivity index (χ3v) is 8.18. The third kappa shape index (κ3) is 32.0. The third-order valence-electron chi connectivity index (χ3n) is 8.18. The van der Waals surface area contributed by atoms with Gasteiger partial charge in [0.25, 0.3) is 0 Å². The van der Waals surface area contributed by atoms with Crippen LogP contribution in [0.15, 0.2) is 0 Å². The zero-order valence-electron chi connectivity index (χ0n) is 25.2. The first-order valence-electron chi connectivity index (χ1n) is 17.1. The van der Waals surface area contributed by atoms with Gasteiger partial charge in [-0.25, -0.2) is 0 Å². The van der Waals surface area contributed by atoms with Crippen LogP contribution in [-0.2, 0) is 0 Å². The van der Waals surface area contributed by atoms with Crippen molar-refractivity contribution in [1.82, 2.24) is 0 Å². The van der Waals surface area contributed by atoms with Gasteiger partial charge in [-0.05, 0) is 5.92 Å². The predicted octanol–water partition coefficient (Wildman–Crippen LogP) is 13.6. The first-order valence-corrected chi connectivity index (χ1v) is 17.1. The van der Waals surface area contributed by atoms with Gasteiger partial charge in [0.05, 0.1) is 0 Å². The maximum atomic E-state index is 4.44. The monoisotopic (exact) mass is 492 g/mol. The molecule has 0 heterocycles. The van der Waals surface area contributed by atoms with Crippen molar-refractivity contribution in [2.75, 3.05) is 0 Å². The van der Waals surface area contributed by atoms with Crippen LogP contribution in [0.25, 0.3) is 0 Å². The van der Waals surface area contributed by atoms with Crippen LogP contribution in [0.3, 0.4) is 0 Å². The number of rotatable bonds is 31. The molecule has 0 aromatic heterocycles. The summed E-state index contributed by atoms with van der Waals surface area (Å²) in [6.45, 7) is 9.05. The van der Waals surface area contributed by atoms with E-state index in [0.717, 1.165) is 0 Å². The van der Waals surface area contributed by atoms with Crippen molar-refractivity contribution < 1.29 is 0 Å². The van der Waals surface area contributed by atoms with Crippen LogP contribution >= 0.6 is 0 Å². The molecular weight excluding hydrogens is 420 g/mol. The summed E-state index contributed by atoms with van der Waals surface area (Å²) in [5, 5.41) is 0. The van der Waals surface area contributed by atoms with E-state index in [1.54, 1.807) is 0 Å². The maximum Gasteiger partial charge on any atom is -0.0414 e. The van der Waals surface area contributed by atoms with E-state index >= 15 is 0 Å². The fraction of sp³-hybridized carbons (Fsp3) is 0.971. The van der Waals surface area contributed by atoms with Crippen molar-refractivity contribution in [3.8, 4) is 0 Å². The average molecular weight is 492 g/mol. The molecule has 0 aliphatic heterocycles. The Balaban J connectivity index is 3.13. The summed E-state index contributed by atoms with van der Waals surface area (Å²) in [6, 6.07) is 0. The van der Waals surface area contributed by atoms with Gasteiger partial charge in [0.2, 0.25) is 0 Å². The van der Waals surface area contributed by atoms with E-state index in [2.05, 4.69) is 20.8 Å². The molecule has 0 aromatic carbocycles. The quantitative estimate of drug-likeness (QED) is 0.0845. The van der Waals surface area contributed by atoms with E-state index in [1.165, 1.54) is 199 Å². The van der Waals surface area contributed by atoms with Crippen LogP contribution in [0, 0.1) is 12.8 Å². The number of hydrogen-bond donors (Lipinski definition) is 0. The average Bonchev–Trinajstić information content (AvgIpc) is 2.86. The van der Waals surface area contributed by atoms with Crippen LogP contribution in [0.1, 0.15) is 213 Å². The summed E-state index contributed by atoms with van der Waals surface area (Å²) in [6.07, 6.45) is 45.1. The molecule has 0 heteroatoms. The second-order valence-corrected chi connectivity index (χ2v) is 12.0. The highest BCUT2D eigenvalue weighted by atomic mass is 14.1. The molecule has 35 heavy (non-hydrogen) atoms. The van der Waals surface area contributed by atoms with Crippen molar-refractivity contribution in [2.45, 2.75) is 213 Å². The van der Waals surface area contributed by atoms with Crippen molar-refractivity contribution in [2.24, 2.45) is 5.92 Å². The van der Waals surface area contributed by atoms with Gasteiger partial charge in [0.15, 0.2) is 0 Å². The maximum absolute atomic E-state index is 4.44. The van der Waals surface area contributed by atoms with E-state index in [4.69, 9.17) is 0 Å². The first kappa shape index (κ1) is 35.0. The summed E-state index contributed by atoms with van der Waals surface area (Å²) in [5.41, 5.74) is 0. The Morgan fingerprint density at radius 2 is 0.457 bits per heavy atom. The molecule has 1 atom stereocenters. The highest BCUT2D eigenvalue weighted by molar-refractivity contribution is 4.62. The number of hydrogen-bond acceptors (Lipinski definition) is 0. The summed E-state index contributed by atoms with van der Waals surface area (Å²) >= 11 is 0. The Bertz CT molecular complexity index is 346. The van der Waals surface area contributed by atoms with E-state index in [0.29, 0.717) is 5.92 Å². The Kier molecular flexibility index (Phi) is 32.0. The SMILES string of the molecule is [CH2]C(CCCCCCCCCCCCCCCC)CCCCCCCCCCCCCCCCC. The van der Waals surface area contributed by atoms with E-state index in [1.807, 2.05) is 0 Å². The minimum atomic E-state index is 0.717. The van der Waals surface area contributed by atoms with Gasteiger partial charge in [-0.15, -0.1) is 0 Å². The Hall–Kier alpha value is 0. The molecule has 0 rings (SSSR count). The summed E-state index contributed by atoms with van der Waals surface area (Å²) in [5.74, 6) is 0.717. The van der Waals surface area contributed by atoms with E-state index in [-0.39, 0.29) is 0 Å². The molecule has 0 aliphatic rings. The zero-order valence-corrected chi connectivity index (χ0v) is 25.2. The van der Waals surface area contributed by atoms with Gasteiger partial charge < -0.3 is 0 Å². The molecule has 1 unspecified atom stereocenters. The van der Waals surface area contributed by atoms with Crippen molar-refractivity contribution in [3.63, 3.8) is 0 Å². The fourth-order valence-electron chi connectivity index (χ4n) is 5.58. The Morgan fingerprint density at radius 1 is 0.286 bits per heavy atom. The van der Waals surface area contributed by atoms with Crippen LogP contribution in [0.4, 0.5) is 0 Å². The molecule has 0 aliphatic carbocycles. The second kappa shape index (κ2) is 32.0. The first-order chi connectivity index (χ1) is 17.3. The summed E-state index contributed by atoms with van der Waals surface area (Å²) in [4.78, 5) is 0. The van der Waals surface area contributed by atoms with Crippen molar-refractivity contribution in [1.29, 1.82) is 0 Å². The van der Waals surface area contributed by atoms with Gasteiger partial charge in [0.1, 0.15) is 0 Å². The Morgan fingerprint density at radius 3 is 0.657 bits per heavy atom. The number of unbranched alkanes of at least 4 members (excludes halogenated alkanes) is 27. The van der Waals surface area contributed by atoms with Crippen LogP contribution < -0.4 is 0 Å². The van der Waals surface area contributed by atoms with Gasteiger partial charge in [-0.3, -0.25) is 0 Å². The lowest BCUT2D eigenvalue weighted by Crippen LogP contribution is -1.95. The second-order valence-electron chi connectivity index (χ2n) is 12.0. The molecule has 0 nitrogen and oxygen atoms in total. The molecule has 1 radical (unpaired) electrons. The summed E-state index contributed by atoms with van der Waals surface area (Å²) in [7, 11) is 0. The molecule has 211 valence electrons. The molecule has 0 N–H and O–H groups in total. The standard InChI is InChI=1S/C35H71/c1-4-6-8-10-12-14-16-18-20-22-24-26-28-30-32-34-35(3)33-31-29-27-25-23-21-19-17-15-13-11-9-7-5-2/h35H,3-34H2,1-2H3. The topological polar surface area (TPSA) is 0 Å². The summed E-state index contributed by atoms with van der Waals surface area (Å²) < 4.78 is 0. The zero-order chi connectivity index (χ0) is 25.5. The molecule has 0 spiro atoms. The van der Waals surface area contributed by atoms with E-state index in [9.17, 15) is 0 Å². The van der Waals surface area contributed by atoms with Crippen LogP contribution in [0.5, 0.6) is 0 Å². The molecule has 0 aromatic rings. The van der Waals surface area contributed by atoms with Gasteiger partial charge in [-0.1, -0.05) is 220 Å².